The Hall–Kier alpha value is -1.49. The minimum atomic E-state index is -0.953. The number of benzene rings is 1. The molecule has 0 spiro atoms. The normalized spacial score (nSPS) is 17.8. The summed E-state index contributed by atoms with van der Waals surface area (Å²) < 4.78 is 0. The molecule has 17 heavy (non-hydrogen) atoms. The van der Waals surface area contributed by atoms with Crippen LogP contribution < -0.4 is 22.9 Å². The van der Waals surface area contributed by atoms with Crippen LogP contribution in [0.1, 0.15) is 12.0 Å². The molecule has 2 rings (SSSR count). The molecule has 0 fully saturated rings. The summed E-state index contributed by atoms with van der Waals surface area (Å²) in [7, 11) is 0. The molecule has 0 aromatic heterocycles. The van der Waals surface area contributed by atoms with Crippen LogP contribution in [0.2, 0.25) is 0 Å². The molecule has 0 amide bonds. The van der Waals surface area contributed by atoms with E-state index in [1.165, 1.54) is 0 Å². The van der Waals surface area contributed by atoms with Gasteiger partial charge in [-0.1, -0.05) is 18.2 Å². The fourth-order valence-corrected chi connectivity index (χ4v) is 1.72. The Balaban J connectivity index is 0.00000144. The molecule has 8 N–H and O–H groups in total. The van der Waals surface area contributed by atoms with Crippen molar-refractivity contribution in [3.05, 3.63) is 47.7 Å². The molecule has 5 heteroatoms. The van der Waals surface area contributed by atoms with Gasteiger partial charge in [0.1, 0.15) is 5.66 Å². The zero-order chi connectivity index (χ0) is 11.8. The van der Waals surface area contributed by atoms with Crippen LogP contribution in [-0.4, -0.2) is 5.66 Å². The molecule has 1 aromatic rings. The van der Waals surface area contributed by atoms with Gasteiger partial charge in [-0.25, -0.2) is 0 Å². The van der Waals surface area contributed by atoms with E-state index in [0.29, 0.717) is 12.1 Å². The van der Waals surface area contributed by atoms with Crippen molar-refractivity contribution in [3.8, 4) is 0 Å². The first-order chi connectivity index (χ1) is 7.49. The van der Waals surface area contributed by atoms with Crippen molar-refractivity contribution in [1.29, 1.82) is 0 Å². The molecule has 4 nitrogen and oxygen atoms in total. The van der Waals surface area contributed by atoms with Crippen molar-refractivity contribution in [3.63, 3.8) is 0 Å². The van der Waals surface area contributed by atoms with E-state index in [-0.39, 0.29) is 12.4 Å². The van der Waals surface area contributed by atoms with Crippen LogP contribution in [0.5, 0.6) is 0 Å². The average Bonchev–Trinajstić information content (AvgIpc) is 2.23. The maximum atomic E-state index is 5.90. The monoisotopic (exact) mass is 252 g/mol. The lowest BCUT2D eigenvalue weighted by molar-refractivity contribution is 0.523. The lowest BCUT2D eigenvalue weighted by atomic mass is 9.89. The highest BCUT2D eigenvalue weighted by atomic mass is 35.5. The van der Waals surface area contributed by atoms with E-state index in [0.717, 1.165) is 16.8 Å². The molecule has 1 aromatic carbocycles. The molecule has 0 radical (unpaired) electrons. The fraction of sp³-hybridized carbons (Fsp3) is 0.167. The predicted molar refractivity (Wildman–Crippen MR) is 74.1 cm³/mol. The number of hydrogen-bond acceptors (Lipinski definition) is 4. The Morgan fingerprint density at radius 2 is 1.53 bits per heavy atom. The average molecular weight is 253 g/mol. The smallest absolute Gasteiger partial charge is 0.109 e. The van der Waals surface area contributed by atoms with Gasteiger partial charge in [0.2, 0.25) is 0 Å². The first-order valence-electron chi connectivity index (χ1n) is 5.09. The molecule has 1 aliphatic rings. The molecule has 0 unspecified atom stereocenters. The van der Waals surface area contributed by atoms with E-state index in [1.54, 1.807) is 6.08 Å². The predicted octanol–water partition coefficient (Wildman–Crippen LogP) is 0.934. The molecule has 92 valence electrons. The standard InChI is InChI=1S/C12H16N4.ClH/c13-10-4-1-8(2-5-10)9-3-6-11(14)12(15,16)7-9;/h1-6H,7,13-16H2;1H. The highest BCUT2D eigenvalue weighted by Gasteiger charge is 2.26. The summed E-state index contributed by atoms with van der Waals surface area (Å²) in [6, 6.07) is 7.61. The van der Waals surface area contributed by atoms with Gasteiger partial charge in [-0.05, 0) is 29.3 Å². The van der Waals surface area contributed by atoms with Crippen LogP contribution in [0.15, 0.2) is 42.1 Å². The molecule has 0 atom stereocenters. The van der Waals surface area contributed by atoms with E-state index in [1.807, 2.05) is 30.3 Å². The largest absolute Gasteiger partial charge is 0.399 e. The summed E-state index contributed by atoms with van der Waals surface area (Å²) in [5, 5.41) is 0. The second-order valence-corrected chi connectivity index (χ2v) is 4.15. The van der Waals surface area contributed by atoms with E-state index < -0.39 is 5.66 Å². The van der Waals surface area contributed by atoms with Crippen LogP contribution >= 0.6 is 12.4 Å². The van der Waals surface area contributed by atoms with Crippen LogP contribution in [-0.2, 0) is 0 Å². The summed E-state index contributed by atoms with van der Waals surface area (Å²) >= 11 is 0. The third kappa shape index (κ3) is 2.79. The maximum Gasteiger partial charge on any atom is 0.109 e. The lowest BCUT2D eigenvalue weighted by Crippen LogP contribution is -2.54. The Morgan fingerprint density at radius 1 is 0.941 bits per heavy atom. The summed E-state index contributed by atoms with van der Waals surface area (Å²) in [5.74, 6) is 0. The zero-order valence-corrected chi connectivity index (χ0v) is 10.2. The number of nitrogen functional groups attached to an aromatic ring is 1. The molecule has 0 saturated heterocycles. The summed E-state index contributed by atoms with van der Waals surface area (Å²) in [5.41, 5.74) is 25.6. The van der Waals surface area contributed by atoms with Gasteiger partial charge < -0.3 is 22.9 Å². The number of allylic oxidation sites excluding steroid dienone is 2. The van der Waals surface area contributed by atoms with Crippen LogP contribution in [0.3, 0.4) is 0 Å². The van der Waals surface area contributed by atoms with Gasteiger partial charge in [0.25, 0.3) is 0 Å². The topological polar surface area (TPSA) is 104 Å². The van der Waals surface area contributed by atoms with Gasteiger partial charge in [0.05, 0.1) is 0 Å². The van der Waals surface area contributed by atoms with Gasteiger partial charge >= 0.3 is 0 Å². The van der Waals surface area contributed by atoms with Crippen molar-refractivity contribution in [1.82, 2.24) is 0 Å². The first-order valence-corrected chi connectivity index (χ1v) is 5.09. The highest BCUT2D eigenvalue weighted by molar-refractivity contribution is 5.85. The Bertz CT molecular complexity index is 460. The van der Waals surface area contributed by atoms with E-state index in [9.17, 15) is 0 Å². The van der Waals surface area contributed by atoms with Gasteiger partial charge in [0.15, 0.2) is 0 Å². The van der Waals surface area contributed by atoms with Crippen molar-refractivity contribution in [2.45, 2.75) is 12.1 Å². The minimum Gasteiger partial charge on any atom is -0.399 e. The molecular weight excluding hydrogens is 236 g/mol. The third-order valence-corrected chi connectivity index (χ3v) is 2.77. The molecule has 0 aliphatic heterocycles. The van der Waals surface area contributed by atoms with Gasteiger partial charge in [-0.3, -0.25) is 0 Å². The quantitative estimate of drug-likeness (QED) is 0.441. The maximum absolute atomic E-state index is 5.90. The van der Waals surface area contributed by atoms with Crippen LogP contribution in [0, 0.1) is 0 Å². The highest BCUT2D eigenvalue weighted by Crippen LogP contribution is 2.28. The summed E-state index contributed by atoms with van der Waals surface area (Å²) in [6.45, 7) is 0. The van der Waals surface area contributed by atoms with Crippen molar-refractivity contribution in [2.24, 2.45) is 17.2 Å². The van der Waals surface area contributed by atoms with E-state index in [4.69, 9.17) is 22.9 Å². The van der Waals surface area contributed by atoms with Crippen molar-refractivity contribution in [2.75, 3.05) is 5.73 Å². The fourth-order valence-electron chi connectivity index (χ4n) is 1.72. The molecule has 0 saturated carbocycles. The number of hydrogen-bond donors (Lipinski definition) is 4. The minimum absolute atomic E-state index is 0. The van der Waals surface area contributed by atoms with Gasteiger partial charge in [-0.15, -0.1) is 12.4 Å². The zero-order valence-electron chi connectivity index (χ0n) is 9.39. The summed E-state index contributed by atoms with van der Waals surface area (Å²) in [6.07, 6.45) is 4.23. The Kier molecular flexibility index (Phi) is 3.83. The van der Waals surface area contributed by atoms with E-state index >= 15 is 0 Å². The Morgan fingerprint density at radius 3 is 2.06 bits per heavy atom. The third-order valence-electron chi connectivity index (χ3n) is 2.77. The molecule has 1 aliphatic carbocycles. The van der Waals surface area contributed by atoms with Crippen molar-refractivity contribution >= 4 is 23.7 Å². The van der Waals surface area contributed by atoms with E-state index in [2.05, 4.69) is 0 Å². The van der Waals surface area contributed by atoms with Crippen molar-refractivity contribution < 1.29 is 0 Å². The SMILES string of the molecule is Cl.NC1=CC=C(c2ccc(N)cc2)CC1(N)N. The summed E-state index contributed by atoms with van der Waals surface area (Å²) in [4.78, 5) is 0. The second-order valence-electron chi connectivity index (χ2n) is 4.15. The number of anilines is 1. The van der Waals surface area contributed by atoms with Crippen LogP contribution in [0.4, 0.5) is 5.69 Å². The Labute approximate surface area is 107 Å². The van der Waals surface area contributed by atoms with Gasteiger partial charge in [-0.2, -0.15) is 0 Å². The van der Waals surface area contributed by atoms with Crippen LogP contribution in [0.25, 0.3) is 5.57 Å². The number of halogens is 1. The van der Waals surface area contributed by atoms with Gasteiger partial charge in [0, 0.05) is 17.8 Å². The lowest BCUT2D eigenvalue weighted by Gasteiger charge is -2.29. The molecule has 0 bridgehead atoms. The number of nitrogens with two attached hydrogens (primary N) is 4. The first kappa shape index (κ1) is 13.6. The molecule has 0 heterocycles. The molecular formula is C12H17ClN4. The second kappa shape index (κ2) is 4.79. The number of rotatable bonds is 1.